The van der Waals surface area contributed by atoms with Crippen LogP contribution in [0, 0.1) is 13.8 Å². The summed E-state index contributed by atoms with van der Waals surface area (Å²) in [6.45, 7) is 10.0. The molecule has 0 aliphatic heterocycles. The van der Waals surface area contributed by atoms with Gasteiger partial charge >= 0.3 is 0 Å². The van der Waals surface area contributed by atoms with Crippen molar-refractivity contribution >= 4 is 11.6 Å². The molecule has 5 nitrogen and oxygen atoms in total. The molecule has 1 heterocycles. The summed E-state index contributed by atoms with van der Waals surface area (Å²) < 4.78 is 1.94. The Morgan fingerprint density at radius 1 is 1.37 bits per heavy atom. The summed E-state index contributed by atoms with van der Waals surface area (Å²) in [5, 5.41) is 7.42. The predicted octanol–water partition coefficient (Wildman–Crippen LogP) is 2.54. The molecule has 0 radical (unpaired) electrons. The quantitative estimate of drug-likeness (QED) is 0.831. The zero-order valence-corrected chi connectivity index (χ0v) is 12.7. The first-order valence-corrected chi connectivity index (χ1v) is 6.94. The van der Waals surface area contributed by atoms with Gasteiger partial charge in [0.15, 0.2) is 0 Å². The minimum atomic E-state index is 0.0372. The van der Waals surface area contributed by atoms with Gasteiger partial charge in [-0.05, 0) is 47.5 Å². The normalized spacial score (nSPS) is 12.8. The number of carbonyl (C=O) groups is 1. The van der Waals surface area contributed by atoms with Crippen LogP contribution in [0.15, 0.2) is 0 Å². The third-order valence-electron chi connectivity index (χ3n) is 3.14. The van der Waals surface area contributed by atoms with Crippen molar-refractivity contribution in [3.8, 4) is 0 Å². The third-order valence-corrected chi connectivity index (χ3v) is 3.14. The Morgan fingerprint density at radius 3 is 2.47 bits per heavy atom. The molecule has 0 aromatic carbocycles. The van der Waals surface area contributed by atoms with E-state index in [4.69, 9.17) is 5.73 Å². The summed E-state index contributed by atoms with van der Waals surface area (Å²) >= 11 is 0. The maximum atomic E-state index is 11.9. The number of nitrogens with one attached hydrogen (secondary N) is 1. The lowest BCUT2D eigenvalue weighted by molar-refractivity contribution is -0.116. The first kappa shape index (κ1) is 15.7. The minimum absolute atomic E-state index is 0.0372. The van der Waals surface area contributed by atoms with Crippen LogP contribution >= 0.6 is 0 Å². The zero-order chi connectivity index (χ0) is 14.6. The van der Waals surface area contributed by atoms with Gasteiger partial charge in [-0.3, -0.25) is 9.48 Å². The molecule has 0 saturated heterocycles. The Labute approximate surface area is 115 Å². The van der Waals surface area contributed by atoms with Gasteiger partial charge in [-0.15, -0.1) is 0 Å². The molecule has 108 valence electrons. The highest BCUT2D eigenvalue weighted by molar-refractivity contribution is 5.91. The summed E-state index contributed by atoms with van der Waals surface area (Å²) in [6.07, 6.45) is 2.20. The van der Waals surface area contributed by atoms with Gasteiger partial charge in [0.25, 0.3) is 0 Å². The van der Waals surface area contributed by atoms with Gasteiger partial charge in [-0.2, -0.15) is 5.10 Å². The van der Waals surface area contributed by atoms with E-state index in [1.165, 1.54) is 0 Å². The monoisotopic (exact) mass is 266 g/mol. The Bertz CT molecular complexity index is 435. The van der Waals surface area contributed by atoms with E-state index in [0.29, 0.717) is 12.5 Å². The van der Waals surface area contributed by atoms with Crippen LogP contribution in [0.3, 0.4) is 0 Å². The first-order valence-electron chi connectivity index (χ1n) is 6.94. The number of anilines is 1. The first-order chi connectivity index (χ1) is 8.82. The summed E-state index contributed by atoms with van der Waals surface area (Å²) in [6, 6.07) is 0.447. The van der Waals surface area contributed by atoms with Crippen LogP contribution in [-0.4, -0.2) is 21.7 Å². The van der Waals surface area contributed by atoms with Crippen molar-refractivity contribution in [2.45, 2.75) is 66.0 Å². The number of hydrogen-bond donors (Lipinski definition) is 2. The Balaban J connectivity index is 2.64. The molecule has 3 N–H and O–H groups in total. The summed E-state index contributed by atoms with van der Waals surface area (Å²) in [7, 11) is 0. The van der Waals surface area contributed by atoms with Gasteiger partial charge < -0.3 is 11.1 Å². The lowest BCUT2D eigenvalue weighted by Crippen LogP contribution is -2.17. The number of carbonyl (C=O) groups excluding carboxylic acids is 1. The van der Waals surface area contributed by atoms with Crippen molar-refractivity contribution in [2.24, 2.45) is 5.73 Å². The lowest BCUT2D eigenvalue weighted by atomic mass is 10.1. The number of nitrogens with two attached hydrogens (primary N) is 1. The van der Waals surface area contributed by atoms with Crippen molar-refractivity contribution in [3.05, 3.63) is 11.4 Å². The second-order valence-corrected chi connectivity index (χ2v) is 5.50. The molecule has 1 unspecified atom stereocenters. The van der Waals surface area contributed by atoms with Crippen LogP contribution in [-0.2, 0) is 4.79 Å². The van der Waals surface area contributed by atoms with Crippen molar-refractivity contribution in [2.75, 3.05) is 5.32 Å². The number of aromatic nitrogens is 2. The number of hydrogen-bond acceptors (Lipinski definition) is 3. The van der Waals surface area contributed by atoms with Crippen LogP contribution in [0.1, 0.15) is 57.5 Å². The van der Waals surface area contributed by atoms with Crippen LogP contribution in [0.2, 0.25) is 0 Å². The molecule has 0 bridgehead atoms. The van der Waals surface area contributed by atoms with E-state index in [1.54, 1.807) is 0 Å². The molecule has 0 saturated carbocycles. The van der Waals surface area contributed by atoms with Crippen molar-refractivity contribution < 1.29 is 4.79 Å². The van der Waals surface area contributed by atoms with E-state index in [1.807, 2.05) is 25.5 Å². The number of rotatable bonds is 6. The number of nitrogens with zero attached hydrogens (tertiary/aromatic N) is 2. The summed E-state index contributed by atoms with van der Waals surface area (Å²) in [5.41, 5.74) is 8.39. The highest BCUT2D eigenvalue weighted by Crippen LogP contribution is 2.22. The Hall–Kier alpha value is -1.36. The minimum Gasteiger partial charge on any atom is -0.328 e. The van der Waals surface area contributed by atoms with Crippen LogP contribution in [0.4, 0.5) is 5.69 Å². The lowest BCUT2D eigenvalue weighted by Gasteiger charge is -2.09. The van der Waals surface area contributed by atoms with Crippen LogP contribution in [0.5, 0.6) is 0 Å². The molecule has 1 amide bonds. The van der Waals surface area contributed by atoms with Crippen molar-refractivity contribution in [1.29, 1.82) is 0 Å². The molecule has 0 aliphatic rings. The zero-order valence-electron chi connectivity index (χ0n) is 12.7. The highest BCUT2D eigenvalue weighted by Gasteiger charge is 2.15. The molecule has 1 aromatic heterocycles. The largest absolute Gasteiger partial charge is 0.328 e. The summed E-state index contributed by atoms with van der Waals surface area (Å²) in [5.74, 6) is 0.0372. The van der Waals surface area contributed by atoms with Gasteiger partial charge in [0, 0.05) is 18.5 Å². The van der Waals surface area contributed by atoms with E-state index >= 15 is 0 Å². The topological polar surface area (TPSA) is 72.9 Å². The molecule has 0 aliphatic carbocycles. The van der Waals surface area contributed by atoms with Gasteiger partial charge in [0.05, 0.1) is 17.1 Å². The molecule has 5 heteroatoms. The third kappa shape index (κ3) is 4.35. The van der Waals surface area contributed by atoms with Crippen molar-refractivity contribution in [3.63, 3.8) is 0 Å². The number of aryl methyl sites for hydroxylation is 1. The van der Waals surface area contributed by atoms with E-state index < -0.39 is 0 Å². The molecule has 1 aromatic rings. The van der Waals surface area contributed by atoms with E-state index in [9.17, 15) is 4.79 Å². The van der Waals surface area contributed by atoms with E-state index in [2.05, 4.69) is 24.3 Å². The predicted molar refractivity (Wildman–Crippen MR) is 78.2 cm³/mol. The van der Waals surface area contributed by atoms with Crippen LogP contribution < -0.4 is 11.1 Å². The molecule has 0 fully saturated rings. The Kier molecular flexibility index (Phi) is 5.54. The van der Waals surface area contributed by atoms with Crippen molar-refractivity contribution in [1.82, 2.24) is 9.78 Å². The molecule has 0 spiro atoms. The number of amides is 1. The summed E-state index contributed by atoms with van der Waals surface area (Å²) in [4.78, 5) is 11.9. The second kappa shape index (κ2) is 6.70. The Morgan fingerprint density at radius 2 is 2.00 bits per heavy atom. The van der Waals surface area contributed by atoms with E-state index in [-0.39, 0.29) is 11.9 Å². The smallest absolute Gasteiger partial charge is 0.224 e. The van der Waals surface area contributed by atoms with E-state index in [0.717, 1.165) is 29.9 Å². The maximum absolute atomic E-state index is 11.9. The van der Waals surface area contributed by atoms with Gasteiger partial charge in [0.1, 0.15) is 0 Å². The average Bonchev–Trinajstić information content (AvgIpc) is 2.56. The average molecular weight is 266 g/mol. The fourth-order valence-corrected chi connectivity index (χ4v) is 2.13. The molecular formula is C14H26N4O. The molecular weight excluding hydrogens is 240 g/mol. The standard InChI is InChI=1S/C14H26N4O/c1-9(2)18-12(5)14(11(4)17-18)16-13(19)8-6-7-10(3)15/h9-10H,6-8,15H2,1-5H3,(H,16,19). The van der Waals surface area contributed by atoms with Gasteiger partial charge in [0.2, 0.25) is 5.91 Å². The fraction of sp³-hybridized carbons (Fsp3) is 0.714. The fourth-order valence-electron chi connectivity index (χ4n) is 2.13. The maximum Gasteiger partial charge on any atom is 0.224 e. The van der Waals surface area contributed by atoms with Crippen LogP contribution in [0.25, 0.3) is 0 Å². The molecule has 19 heavy (non-hydrogen) atoms. The highest BCUT2D eigenvalue weighted by atomic mass is 16.1. The second-order valence-electron chi connectivity index (χ2n) is 5.50. The molecule has 1 rings (SSSR count). The SMILES string of the molecule is Cc1nn(C(C)C)c(C)c1NC(=O)CCCC(C)N. The van der Waals surface area contributed by atoms with Gasteiger partial charge in [-0.1, -0.05) is 0 Å². The van der Waals surface area contributed by atoms with Gasteiger partial charge in [-0.25, -0.2) is 0 Å². The molecule has 1 atom stereocenters.